The van der Waals surface area contributed by atoms with E-state index in [1.165, 1.54) is 15.3 Å². The third-order valence-electron chi connectivity index (χ3n) is 3.08. The number of nitrogens with two attached hydrogens (primary N) is 1. The monoisotopic (exact) mass is 315 g/mol. The molecule has 3 heteroatoms. The number of thioether (sulfide) groups is 1. The molecule has 1 heterocycles. The minimum absolute atomic E-state index is 0.216. The van der Waals surface area contributed by atoms with E-state index < -0.39 is 0 Å². The summed E-state index contributed by atoms with van der Waals surface area (Å²) < 4.78 is 0. The van der Waals surface area contributed by atoms with Crippen LogP contribution in [-0.2, 0) is 11.2 Å². The molecule has 1 aromatic heterocycles. The number of rotatable bonds is 3. The van der Waals surface area contributed by atoms with E-state index in [1.807, 2.05) is 11.8 Å². The maximum atomic E-state index is 5.39. The van der Waals surface area contributed by atoms with Crippen LogP contribution in [0.15, 0.2) is 41.3 Å². The third kappa shape index (κ3) is 4.93. The summed E-state index contributed by atoms with van der Waals surface area (Å²) in [5.41, 5.74) is 6.98. The van der Waals surface area contributed by atoms with Crippen LogP contribution >= 0.6 is 23.1 Å². The fourth-order valence-electron chi connectivity index (χ4n) is 1.87. The van der Waals surface area contributed by atoms with E-state index in [2.05, 4.69) is 69.0 Å². The summed E-state index contributed by atoms with van der Waals surface area (Å²) in [5, 5.41) is 0. The lowest BCUT2D eigenvalue weighted by Crippen LogP contribution is -2.10. The molecule has 2 rings (SSSR count). The molecule has 0 amide bonds. The first kappa shape index (κ1) is 16.2. The average Bonchev–Trinajstić information content (AvgIpc) is 2.90. The fourth-order valence-corrected chi connectivity index (χ4v) is 3.69. The van der Waals surface area contributed by atoms with Gasteiger partial charge in [-0.05, 0) is 35.2 Å². The lowest BCUT2D eigenvalue weighted by molar-refractivity contribution is 0.590. The van der Waals surface area contributed by atoms with Crippen molar-refractivity contribution >= 4 is 23.1 Å². The van der Waals surface area contributed by atoms with Gasteiger partial charge in [-0.1, -0.05) is 44.7 Å². The molecule has 0 saturated carbocycles. The van der Waals surface area contributed by atoms with Crippen molar-refractivity contribution in [2.24, 2.45) is 5.73 Å². The largest absolute Gasteiger partial charge is 0.320 e. The zero-order chi connectivity index (χ0) is 15.3. The van der Waals surface area contributed by atoms with Gasteiger partial charge in [-0.2, -0.15) is 0 Å². The second kappa shape index (κ2) is 7.17. The third-order valence-corrected chi connectivity index (χ3v) is 5.32. The fraction of sp³-hybridized carbons (Fsp3) is 0.333. The highest BCUT2D eigenvalue weighted by Crippen LogP contribution is 2.29. The summed E-state index contributed by atoms with van der Waals surface area (Å²) in [6, 6.07) is 13.1. The first-order valence-corrected chi connectivity index (χ1v) is 8.80. The molecule has 2 N–H and O–H groups in total. The Bertz CT molecular complexity index is 636. The molecule has 0 atom stereocenters. The Hall–Kier alpha value is -1.21. The highest BCUT2D eigenvalue weighted by atomic mass is 32.2. The van der Waals surface area contributed by atoms with E-state index in [4.69, 9.17) is 5.73 Å². The second-order valence-corrected chi connectivity index (χ2v) is 8.05. The summed E-state index contributed by atoms with van der Waals surface area (Å²) in [6.07, 6.45) is 0. The van der Waals surface area contributed by atoms with Crippen LogP contribution in [0.1, 0.15) is 36.1 Å². The van der Waals surface area contributed by atoms with Crippen molar-refractivity contribution in [3.63, 3.8) is 0 Å². The Morgan fingerprint density at radius 1 is 1.10 bits per heavy atom. The maximum absolute atomic E-state index is 5.39. The number of hydrogen-bond acceptors (Lipinski definition) is 3. The van der Waals surface area contributed by atoms with E-state index in [-0.39, 0.29) is 5.41 Å². The molecule has 0 aliphatic carbocycles. The predicted molar refractivity (Wildman–Crippen MR) is 95.0 cm³/mol. The van der Waals surface area contributed by atoms with Gasteiger partial charge in [0, 0.05) is 15.5 Å². The highest BCUT2D eigenvalue weighted by Gasteiger charge is 2.12. The van der Waals surface area contributed by atoms with E-state index in [1.54, 1.807) is 11.3 Å². The molecule has 1 nitrogen and oxygen atoms in total. The van der Waals surface area contributed by atoms with Gasteiger partial charge in [-0.25, -0.2) is 0 Å². The molecule has 0 radical (unpaired) electrons. The summed E-state index contributed by atoms with van der Waals surface area (Å²) in [5.74, 6) is 6.96. The van der Waals surface area contributed by atoms with Crippen LogP contribution in [0.5, 0.6) is 0 Å². The molecule has 0 saturated heterocycles. The van der Waals surface area contributed by atoms with Crippen molar-refractivity contribution in [3.8, 4) is 11.8 Å². The second-order valence-electron chi connectivity index (χ2n) is 5.83. The molecule has 110 valence electrons. The summed E-state index contributed by atoms with van der Waals surface area (Å²) in [6.45, 7) is 7.14. The van der Waals surface area contributed by atoms with Gasteiger partial charge in [0.1, 0.15) is 0 Å². The normalized spacial score (nSPS) is 11.0. The van der Waals surface area contributed by atoms with E-state index in [9.17, 15) is 0 Å². The van der Waals surface area contributed by atoms with Gasteiger partial charge in [0.15, 0.2) is 0 Å². The quantitative estimate of drug-likeness (QED) is 0.659. The maximum Gasteiger partial charge on any atom is 0.0772 e. The van der Waals surface area contributed by atoms with Crippen LogP contribution in [0, 0.1) is 11.8 Å². The first-order chi connectivity index (χ1) is 9.99. The van der Waals surface area contributed by atoms with Gasteiger partial charge in [-0.15, -0.1) is 23.1 Å². The molecule has 1 aromatic carbocycles. The topological polar surface area (TPSA) is 26.0 Å². The van der Waals surface area contributed by atoms with Crippen LogP contribution in [0.2, 0.25) is 0 Å². The number of benzene rings is 1. The highest BCUT2D eigenvalue weighted by molar-refractivity contribution is 7.98. The molecule has 21 heavy (non-hydrogen) atoms. The molecule has 0 aliphatic rings. The molecule has 0 spiro atoms. The lowest BCUT2D eigenvalue weighted by Gasteiger charge is -2.19. The smallest absolute Gasteiger partial charge is 0.0772 e. The molecular weight excluding hydrogens is 294 g/mol. The van der Waals surface area contributed by atoms with Gasteiger partial charge in [-0.3, -0.25) is 0 Å². The van der Waals surface area contributed by atoms with Gasteiger partial charge in [0.05, 0.1) is 11.4 Å². The van der Waals surface area contributed by atoms with Crippen LogP contribution in [0.4, 0.5) is 0 Å². The zero-order valence-corrected chi connectivity index (χ0v) is 14.4. The Labute approximate surface area is 136 Å². The predicted octanol–water partition coefficient (Wildman–Crippen LogP) is 4.65. The summed E-state index contributed by atoms with van der Waals surface area (Å²) in [4.78, 5) is 3.76. The Balaban J connectivity index is 1.95. The minimum atomic E-state index is 0.216. The Morgan fingerprint density at radius 2 is 1.81 bits per heavy atom. The minimum Gasteiger partial charge on any atom is -0.320 e. The van der Waals surface area contributed by atoms with Crippen LogP contribution in [-0.4, -0.2) is 6.54 Å². The van der Waals surface area contributed by atoms with Gasteiger partial charge < -0.3 is 5.73 Å². The van der Waals surface area contributed by atoms with Gasteiger partial charge in [0.25, 0.3) is 0 Å². The van der Waals surface area contributed by atoms with Gasteiger partial charge >= 0.3 is 0 Å². The van der Waals surface area contributed by atoms with Crippen molar-refractivity contribution in [3.05, 3.63) is 51.7 Å². The average molecular weight is 316 g/mol. The molecule has 0 bridgehead atoms. The van der Waals surface area contributed by atoms with Crippen molar-refractivity contribution in [2.75, 3.05) is 6.54 Å². The zero-order valence-electron chi connectivity index (χ0n) is 12.8. The van der Waals surface area contributed by atoms with Gasteiger partial charge in [0.2, 0.25) is 0 Å². The number of hydrogen-bond donors (Lipinski definition) is 1. The Morgan fingerprint density at radius 3 is 2.43 bits per heavy atom. The molecule has 0 unspecified atom stereocenters. The number of thiophene rings is 1. The van der Waals surface area contributed by atoms with Crippen molar-refractivity contribution in [1.82, 2.24) is 0 Å². The lowest BCUT2D eigenvalue weighted by atomic mass is 9.87. The van der Waals surface area contributed by atoms with Crippen LogP contribution in [0.3, 0.4) is 0 Å². The molecular formula is C18H21NS2. The van der Waals surface area contributed by atoms with Crippen molar-refractivity contribution in [2.45, 2.75) is 36.8 Å². The first-order valence-electron chi connectivity index (χ1n) is 7.00. The molecule has 0 aliphatic heterocycles. The summed E-state index contributed by atoms with van der Waals surface area (Å²) in [7, 11) is 0. The Kier molecular flexibility index (Phi) is 5.52. The van der Waals surface area contributed by atoms with Crippen molar-refractivity contribution in [1.29, 1.82) is 0 Å². The molecule has 2 aromatic rings. The van der Waals surface area contributed by atoms with E-state index >= 15 is 0 Å². The SMILES string of the molecule is CC(C)(C)c1ccc(SCc2ccc(C#CCN)s2)cc1. The van der Waals surface area contributed by atoms with E-state index in [0.717, 1.165) is 10.6 Å². The standard InChI is InChI=1S/C18H21NS2/c1-18(2,3)14-6-8-15(9-7-14)20-13-17-11-10-16(21-17)5-4-12-19/h6-11H,12-13,19H2,1-3H3. The van der Waals surface area contributed by atoms with Crippen molar-refractivity contribution < 1.29 is 0 Å². The van der Waals surface area contributed by atoms with Crippen LogP contribution < -0.4 is 5.73 Å². The summed E-state index contributed by atoms with van der Waals surface area (Å²) >= 11 is 3.62. The van der Waals surface area contributed by atoms with E-state index in [0.29, 0.717) is 6.54 Å². The van der Waals surface area contributed by atoms with Crippen LogP contribution in [0.25, 0.3) is 0 Å². The molecule has 0 fully saturated rings.